The molecule has 4 heteroatoms. The number of nitrogens with zero attached hydrogens (tertiary/aromatic N) is 1. The quantitative estimate of drug-likeness (QED) is 0.845. The molecule has 1 unspecified atom stereocenters. The smallest absolute Gasteiger partial charge is 0.237 e. The van der Waals surface area contributed by atoms with Crippen LogP contribution in [0, 0.1) is 5.82 Å². The predicted molar refractivity (Wildman–Crippen MR) is 83.1 cm³/mol. The Labute approximate surface area is 125 Å². The van der Waals surface area contributed by atoms with Crippen LogP contribution in [0.15, 0.2) is 42.6 Å². The molecule has 2 aromatic rings. The highest BCUT2D eigenvalue weighted by atomic mass is 19.1. The van der Waals surface area contributed by atoms with Gasteiger partial charge >= 0.3 is 0 Å². The molecule has 1 N–H and O–H groups in total. The minimum atomic E-state index is -0.202. The summed E-state index contributed by atoms with van der Waals surface area (Å²) in [5.41, 5.74) is 1.43. The Morgan fingerprint density at radius 1 is 1.19 bits per heavy atom. The fourth-order valence-electron chi connectivity index (χ4n) is 2.16. The number of nitrogens with one attached hydrogen (secondary N) is 1. The zero-order valence-electron chi connectivity index (χ0n) is 12.6. The van der Waals surface area contributed by atoms with Crippen LogP contribution < -0.4 is 10.1 Å². The van der Waals surface area contributed by atoms with E-state index in [2.05, 4.69) is 10.3 Å². The summed E-state index contributed by atoms with van der Waals surface area (Å²) in [4.78, 5) is 4.24. The van der Waals surface area contributed by atoms with Crippen molar-refractivity contribution in [1.82, 2.24) is 4.98 Å². The van der Waals surface area contributed by atoms with Gasteiger partial charge in [0.05, 0.1) is 17.8 Å². The van der Waals surface area contributed by atoms with E-state index in [1.54, 1.807) is 18.3 Å². The third-order valence-electron chi connectivity index (χ3n) is 3.14. The van der Waals surface area contributed by atoms with Gasteiger partial charge in [-0.15, -0.1) is 0 Å². The summed E-state index contributed by atoms with van der Waals surface area (Å²) in [6, 6.07) is 10.4. The van der Waals surface area contributed by atoms with Crippen molar-refractivity contribution < 1.29 is 9.13 Å². The van der Waals surface area contributed by atoms with E-state index >= 15 is 0 Å². The zero-order chi connectivity index (χ0) is 15.2. The maximum atomic E-state index is 14.0. The predicted octanol–water partition coefficient (Wildman–Crippen LogP) is 4.57. The van der Waals surface area contributed by atoms with Crippen LogP contribution in [-0.4, -0.2) is 11.1 Å². The molecule has 1 aromatic carbocycles. The van der Waals surface area contributed by atoms with Gasteiger partial charge in [0.1, 0.15) is 5.82 Å². The summed E-state index contributed by atoms with van der Waals surface area (Å²) in [7, 11) is 0. The van der Waals surface area contributed by atoms with E-state index in [1.807, 2.05) is 39.0 Å². The van der Waals surface area contributed by atoms with Crippen molar-refractivity contribution >= 4 is 5.69 Å². The van der Waals surface area contributed by atoms with E-state index in [-0.39, 0.29) is 18.0 Å². The van der Waals surface area contributed by atoms with Crippen LogP contribution in [0.1, 0.15) is 38.8 Å². The number of halogens is 1. The third kappa shape index (κ3) is 3.94. The molecule has 1 heterocycles. The molecule has 0 bridgehead atoms. The zero-order valence-corrected chi connectivity index (χ0v) is 12.6. The molecular formula is C17H21FN2O. The van der Waals surface area contributed by atoms with Gasteiger partial charge in [0.2, 0.25) is 5.88 Å². The van der Waals surface area contributed by atoms with Gasteiger partial charge in [-0.1, -0.05) is 25.1 Å². The van der Waals surface area contributed by atoms with Crippen molar-refractivity contribution in [2.45, 2.75) is 39.3 Å². The normalized spacial score (nSPS) is 12.2. The molecule has 0 spiro atoms. The van der Waals surface area contributed by atoms with Crippen LogP contribution in [0.5, 0.6) is 5.88 Å². The number of hydrogen-bond acceptors (Lipinski definition) is 3. The SMILES string of the molecule is CCC(Nc1cccnc1OC(C)C)c1ccccc1F. The lowest BCUT2D eigenvalue weighted by molar-refractivity contribution is 0.234. The first kappa shape index (κ1) is 15.3. The van der Waals surface area contributed by atoms with Crippen molar-refractivity contribution in [3.05, 3.63) is 54.0 Å². The van der Waals surface area contributed by atoms with Gasteiger partial charge in [0.15, 0.2) is 0 Å². The van der Waals surface area contributed by atoms with Gasteiger partial charge in [-0.25, -0.2) is 9.37 Å². The molecular weight excluding hydrogens is 267 g/mol. The standard InChI is InChI=1S/C17H21FN2O/c1-4-15(13-8-5-6-9-14(13)18)20-16-10-7-11-19-17(16)21-12(2)3/h5-12,15,20H,4H2,1-3H3. The average molecular weight is 288 g/mol. The summed E-state index contributed by atoms with van der Waals surface area (Å²) in [5, 5.41) is 3.33. The molecule has 0 radical (unpaired) electrons. The average Bonchev–Trinajstić information content (AvgIpc) is 2.47. The Kier molecular flexibility index (Phi) is 5.14. The van der Waals surface area contributed by atoms with Crippen molar-refractivity contribution in [2.75, 3.05) is 5.32 Å². The monoisotopic (exact) mass is 288 g/mol. The molecule has 0 fully saturated rings. The summed E-state index contributed by atoms with van der Waals surface area (Å²) in [6.07, 6.45) is 2.48. The lowest BCUT2D eigenvalue weighted by Crippen LogP contribution is -2.14. The summed E-state index contributed by atoms with van der Waals surface area (Å²) >= 11 is 0. The summed E-state index contributed by atoms with van der Waals surface area (Å²) in [6.45, 7) is 5.92. The molecule has 1 atom stereocenters. The lowest BCUT2D eigenvalue weighted by atomic mass is 10.0. The molecule has 0 aliphatic heterocycles. The largest absolute Gasteiger partial charge is 0.473 e. The Bertz CT molecular complexity index is 587. The fraction of sp³-hybridized carbons (Fsp3) is 0.353. The molecule has 112 valence electrons. The highest BCUT2D eigenvalue weighted by Gasteiger charge is 2.16. The Balaban J connectivity index is 2.25. The lowest BCUT2D eigenvalue weighted by Gasteiger charge is -2.21. The molecule has 0 amide bonds. The maximum absolute atomic E-state index is 14.0. The summed E-state index contributed by atoms with van der Waals surface area (Å²) < 4.78 is 19.6. The molecule has 0 aliphatic carbocycles. The number of ether oxygens (including phenoxy) is 1. The third-order valence-corrected chi connectivity index (χ3v) is 3.14. The minimum absolute atomic E-state index is 0.0361. The van der Waals surface area contributed by atoms with Crippen molar-refractivity contribution in [1.29, 1.82) is 0 Å². The van der Waals surface area contributed by atoms with E-state index in [0.29, 0.717) is 11.4 Å². The van der Waals surface area contributed by atoms with Gasteiger partial charge in [-0.3, -0.25) is 0 Å². The molecule has 2 rings (SSSR count). The van der Waals surface area contributed by atoms with E-state index in [1.165, 1.54) is 6.07 Å². The van der Waals surface area contributed by atoms with Gasteiger partial charge in [-0.2, -0.15) is 0 Å². The van der Waals surface area contributed by atoms with Gasteiger partial charge < -0.3 is 10.1 Å². The van der Waals surface area contributed by atoms with Crippen molar-refractivity contribution in [3.63, 3.8) is 0 Å². The minimum Gasteiger partial charge on any atom is -0.473 e. The molecule has 21 heavy (non-hydrogen) atoms. The van der Waals surface area contributed by atoms with Gasteiger partial charge in [-0.05, 0) is 38.5 Å². The first-order valence-electron chi connectivity index (χ1n) is 7.24. The van der Waals surface area contributed by atoms with Crippen LogP contribution in [0.25, 0.3) is 0 Å². The highest BCUT2D eigenvalue weighted by molar-refractivity contribution is 5.53. The van der Waals surface area contributed by atoms with Gasteiger partial charge in [0, 0.05) is 11.8 Å². The number of benzene rings is 1. The number of aromatic nitrogens is 1. The number of rotatable bonds is 6. The Hall–Kier alpha value is -2.10. The van der Waals surface area contributed by atoms with E-state index in [0.717, 1.165) is 12.1 Å². The topological polar surface area (TPSA) is 34.2 Å². The van der Waals surface area contributed by atoms with Crippen LogP contribution in [0.2, 0.25) is 0 Å². The first-order valence-corrected chi connectivity index (χ1v) is 7.24. The van der Waals surface area contributed by atoms with Crippen LogP contribution in [-0.2, 0) is 0 Å². The second-order valence-corrected chi connectivity index (χ2v) is 5.15. The van der Waals surface area contributed by atoms with Crippen molar-refractivity contribution in [2.24, 2.45) is 0 Å². The molecule has 3 nitrogen and oxygen atoms in total. The second kappa shape index (κ2) is 7.07. The number of hydrogen-bond donors (Lipinski definition) is 1. The van der Waals surface area contributed by atoms with Crippen LogP contribution in [0.4, 0.5) is 10.1 Å². The number of pyridine rings is 1. The Morgan fingerprint density at radius 2 is 1.95 bits per heavy atom. The van der Waals surface area contributed by atoms with E-state index in [4.69, 9.17) is 4.74 Å². The first-order chi connectivity index (χ1) is 10.1. The maximum Gasteiger partial charge on any atom is 0.237 e. The molecule has 0 aliphatic rings. The van der Waals surface area contributed by atoms with Gasteiger partial charge in [0.25, 0.3) is 0 Å². The summed E-state index contributed by atoms with van der Waals surface area (Å²) in [5.74, 6) is 0.342. The van der Waals surface area contributed by atoms with Crippen molar-refractivity contribution in [3.8, 4) is 5.88 Å². The number of anilines is 1. The fourth-order valence-corrected chi connectivity index (χ4v) is 2.16. The van der Waals surface area contributed by atoms with Crippen LogP contribution >= 0.6 is 0 Å². The van der Waals surface area contributed by atoms with E-state index < -0.39 is 0 Å². The highest BCUT2D eigenvalue weighted by Crippen LogP contribution is 2.29. The Morgan fingerprint density at radius 3 is 2.62 bits per heavy atom. The second-order valence-electron chi connectivity index (χ2n) is 5.15. The molecule has 0 saturated heterocycles. The molecule has 0 saturated carbocycles. The molecule has 1 aromatic heterocycles. The van der Waals surface area contributed by atoms with E-state index in [9.17, 15) is 4.39 Å². The van der Waals surface area contributed by atoms with Crippen LogP contribution in [0.3, 0.4) is 0 Å².